The van der Waals surface area contributed by atoms with Gasteiger partial charge in [-0.25, -0.2) is 9.97 Å². The molecule has 1 saturated carbocycles. The summed E-state index contributed by atoms with van der Waals surface area (Å²) in [6.45, 7) is 3.40. The van der Waals surface area contributed by atoms with Crippen LogP contribution < -0.4 is 5.56 Å². The molecule has 1 aliphatic carbocycles. The van der Waals surface area contributed by atoms with Crippen LogP contribution in [-0.4, -0.2) is 54.9 Å². The number of carbonyl (C=O) groups is 1. The van der Waals surface area contributed by atoms with Crippen LogP contribution in [0.2, 0.25) is 0 Å². The minimum atomic E-state index is -0.203. The number of H-pyrrole nitrogens is 1. The van der Waals surface area contributed by atoms with Gasteiger partial charge in [-0.05, 0) is 38.0 Å². The van der Waals surface area contributed by atoms with E-state index in [4.69, 9.17) is 4.98 Å². The summed E-state index contributed by atoms with van der Waals surface area (Å²) in [5.74, 6) is 1.73. The average Bonchev–Trinajstić information content (AvgIpc) is 3.25. The van der Waals surface area contributed by atoms with Crippen molar-refractivity contribution in [2.24, 2.45) is 13.0 Å². The number of aromatic amines is 1. The van der Waals surface area contributed by atoms with Gasteiger partial charge in [-0.2, -0.15) is 0 Å². The van der Waals surface area contributed by atoms with Crippen LogP contribution in [0.4, 0.5) is 0 Å². The Bertz CT molecular complexity index is 1020. The molecule has 0 spiro atoms. The molecule has 8 heteroatoms. The molecule has 32 heavy (non-hydrogen) atoms. The van der Waals surface area contributed by atoms with Gasteiger partial charge in [0.25, 0.3) is 11.5 Å². The number of piperidine rings is 1. The maximum Gasteiger partial charge on any atom is 0.290 e. The van der Waals surface area contributed by atoms with Gasteiger partial charge < -0.3 is 14.5 Å². The smallest absolute Gasteiger partial charge is 0.290 e. The van der Waals surface area contributed by atoms with Crippen LogP contribution in [0.5, 0.6) is 0 Å². The Balaban J connectivity index is 1.35. The summed E-state index contributed by atoms with van der Waals surface area (Å²) in [7, 11) is 1.83. The topological polar surface area (TPSA) is 87.1 Å². The monoisotopic (exact) mass is 438 g/mol. The molecule has 2 aromatic heterocycles. The Morgan fingerprint density at radius 3 is 2.72 bits per heavy atom. The van der Waals surface area contributed by atoms with E-state index in [0.717, 1.165) is 55.9 Å². The van der Waals surface area contributed by atoms with E-state index in [1.165, 1.54) is 32.1 Å². The lowest BCUT2D eigenvalue weighted by Crippen LogP contribution is -2.42. The number of likely N-dealkylation sites (tertiary alicyclic amines) is 1. The number of rotatable bonds is 4. The molecule has 2 fully saturated rings. The maximum absolute atomic E-state index is 13.2. The molecule has 1 saturated heterocycles. The van der Waals surface area contributed by atoms with Crippen molar-refractivity contribution in [3.8, 4) is 0 Å². The normalized spacial score (nSPS) is 22.7. The Labute approximate surface area is 189 Å². The van der Waals surface area contributed by atoms with Gasteiger partial charge in [0, 0.05) is 52.0 Å². The highest BCUT2D eigenvalue weighted by molar-refractivity contribution is 5.91. The Kier molecular flexibility index (Phi) is 6.13. The van der Waals surface area contributed by atoms with E-state index < -0.39 is 0 Å². The molecular weight excluding hydrogens is 404 g/mol. The fourth-order valence-corrected chi connectivity index (χ4v) is 5.71. The fraction of sp³-hybridized carbons (Fsp3) is 0.667. The van der Waals surface area contributed by atoms with E-state index in [9.17, 15) is 9.59 Å². The number of hydrogen-bond donors (Lipinski definition) is 1. The van der Waals surface area contributed by atoms with Gasteiger partial charge in [0.15, 0.2) is 5.82 Å². The van der Waals surface area contributed by atoms with Crippen LogP contribution in [0, 0.1) is 5.92 Å². The van der Waals surface area contributed by atoms with Crippen molar-refractivity contribution in [2.75, 3.05) is 19.6 Å². The summed E-state index contributed by atoms with van der Waals surface area (Å²) in [6, 6.07) is -0.203. The standard InChI is InChI=1S/C24H34N6O2/c1-28-14-11-25-22(28)24(32)30-12-6-5-9-20(30)21-26-19-10-13-29(16-18(19)23(31)27-21)15-17-7-3-2-4-8-17/h11,14,17,20H,2-10,12-13,15-16H2,1H3,(H,26,27,31)/t20-/m1/s1. The lowest BCUT2D eigenvalue weighted by atomic mass is 9.88. The van der Waals surface area contributed by atoms with Crippen molar-refractivity contribution in [3.05, 3.63) is 45.7 Å². The molecule has 1 atom stereocenters. The zero-order chi connectivity index (χ0) is 22.1. The average molecular weight is 439 g/mol. The third-order valence-corrected chi connectivity index (χ3v) is 7.50. The molecule has 5 rings (SSSR count). The van der Waals surface area contributed by atoms with E-state index in [1.54, 1.807) is 17.0 Å². The van der Waals surface area contributed by atoms with Crippen molar-refractivity contribution < 1.29 is 4.79 Å². The first-order valence-corrected chi connectivity index (χ1v) is 12.2. The molecule has 0 bridgehead atoms. The second-order valence-corrected chi connectivity index (χ2v) is 9.74. The maximum atomic E-state index is 13.2. The largest absolute Gasteiger partial charge is 0.330 e. The van der Waals surface area contributed by atoms with E-state index in [0.29, 0.717) is 24.7 Å². The molecule has 172 valence electrons. The Morgan fingerprint density at radius 1 is 1.12 bits per heavy atom. The second kappa shape index (κ2) is 9.17. The minimum absolute atomic E-state index is 0.0340. The lowest BCUT2D eigenvalue weighted by molar-refractivity contribution is 0.0582. The summed E-state index contributed by atoms with van der Waals surface area (Å²) in [4.78, 5) is 42.8. The molecule has 0 radical (unpaired) electrons. The lowest BCUT2D eigenvalue weighted by Gasteiger charge is -2.36. The van der Waals surface area contributed by atoms with Gasteiger partial charge in [0.05, 0.1) is 17.3 Å². The number of hydrogen-bond acceptors (Lipinski definition) is 5. The van der Waals surface area contributed by atoms with Crippen LogP contribution in [0.3, 0.4) is 0 Å². The number of nitrogens with one attached hydrogen (secondary N) is 1. The molecule has 1 N–H and O–H groups in total. The molecule has 0 unspecified atom stereocenters. The summed E-state index contributed by atoms with van der Waals surface area (Å²) >= 11 is 0. The summed E-state index contributed by atoms with van der Waals surface area (Å²) in [6.07, 6.45) is 13.7. The van der Waals surface area contributed by atoms with E-state index in [1.807, 2.05) is 11.9 Å². The second-order valence-electron chi connectivity index (χ2n) is 9.74. The molecule has 3 aliphatic rings. The first-order chi connectivity index (χ1) is 15.6. The third-order valence-electron chi connectivity index (χ3n) is 7.50. The first-order valence-electron chi connectivity index (χ1n) is 12.2. The van der Waals surface area contributed by atoms with Crippen LogP contribution in [0.1, 0.15) is 85.1 Å². The molecule has 1 amide bonds. The zero-order valence-corrected chi connectivity index (χ0v) is 19.1. The minimum Gasteiger partial charge on any atom is -0.330 e. The molecule has 2 aliphatic heterocycles. The van der Waals surface area contributed by atoms with Crippen molar-refractivity contribution in [1.29, 1.82) is 0 Å². The highest BCUT2D eigenvalue weighted by Gasteiger charge is 2.33. The van der Waals surface area contributed by atoms with Crippen LogP contribution in [0.15, 0.2) is 17.2 Å². The van der Waals surface area contributed by atoms with Gasteiger partial charge in [-0.1, -0.05) is 19.3 Å². The molecule has 4 heterocycles. The molecule has 2 aromatic rings. The number of imidazole rings is 1. The third kappa shape index (κ3) is 4.25. The predicted octanol–water partition coefficient (Wildman–Crippen LogP) is 2.81. The van der Waals surface area contributed by atoms with E-state index in [-0.39, 0.29) is 17.5 Å². The number of aryl methyl sites for hydroxylation is 1. The van der Waals surface area contributed by atoms with Crippen molar-refractivity contribution in [1.82, 2.24) is 29.3 Å². The molecular formula is C24H34N6O2. The van der Waals surface area contributed by atoms with Gasteiger partial charge in [0.1, 0.15) is 5.82 Å². The zero-order valence-electron chi connectivity index (χ0n) is 19.1. The fourth-order valence-electron chi connectivity index (χ4n) is 5.71. The number of aromatic nitrogens is 4. The number of amides is 1. The van der Waals surface area contributed by atoms with Gasteiger partial charge in [-0.15, -0.1) is 0 Å². The van der Waals surface area contributed by atoms with Gasteiger partial charge in [0.2, 0.25) is 0 Å². The van der Waals surface area contributed by atoms with Crippen molar-refractivity contribution in [2.45, 2.75) is 70.4 Å². The summed E-state index contributed by atoms with van der Waals surface area (Å²) < 4.78 is 1.75. The van der Waals surface area contributed by atoms with Gasteiger partial charge >= 0.3 is 0 Å². The summed E-state index contributed by atoms with van der Waals surface area (Å²) in [5.41, 5.74) is 1.69. The first kappa shape index (κ1) is 21.4. The molecule has 0 aromatic carbocycles. The van der Waals surface area contributed by atoms with Gasteiger partial charge in [-0.3, -0.25) is 14.5 Å². The van der Waals surface area contributed by atoms with Crippen LogP contribution in [-0.2, 0) is 20.0 Å². The van der Waals surface area contributed by atoms with E-state index in [2.05, 4.69) is 14.9 Å². The SMILES string of the molecule is Cn1ccnc1C(=O)N1CCCC[C@@H]1c1nc2c(c(=O)[nH]1)CN(CC1CCCCC1)CC2. The highest BCUT2D eigenvalue weighted by Crippen LogP contribution is 2.31. The van der Waals surface area contributed by atoms with Crippen LogP contribution in [0.25, 0.3) is 0 Å². The van der Waals surface area contributed by atoms with Crippen LogP contribution >= 0.6 is 0 Å². The molecule has 8 nitrogen and oxygen atoms in total. The van der Waals surface area contributed by atoms with Crippen molar-refractivity contribution >= 4 is 5.91 Å². The quantitative estimate of drug-likeness (QED) is 0.793. The number of carbonyl (C=O) groups excluding carboxylic acids is 1. The Morgan fingerprint density at radius 2 is 1.94 bits per heavy atom. The van der Waals surface area contributed by atoms with E-state index >= 15 is 0 Å². The highest BCUT2D eigenvalue weighted by atomic mass is 16.2. The number of fused-ring (bicyclic) bond motifs is 1. The predicted molar refractivity (Wildman–Crippen MR) is 121 cm³/mol. The number of nitrogens with zero attached hydrogens (tertiary/aromatic N) is 5. The Hall–Kier alpha value is -2.48. The van der Waals surface area contributed by atoms with Crippen molar-refractivity contribution in [3.63, 3.8) is 0 Å². The summed E-state index contributed by atoms with van der Waals surface area (Å²) in [5, 5.41) is 0.